The lowest BCUT2D eigenvalue weighted by atomic mass is 10.0. The number of hydrogen-bond donors (Lipinski definition) is 2. The summed E-state index contributed by atoms with van der Waals surface area (Å²) in [6, 6.07) is 13.3. The number of nitrogens with one attached hydrogen (secondary N) is 2. The molecule has 218 valence electrons. The van der Waals surface area contributed by atoms with Crippen molar-refractivity contribution in [1.29, 1.82) is 0 Å². The number of benzene rings is 2. The van der Waals surface area contributed by atoms with Gasteiger partial charge in [-0.2, -0.15) is 0 Å². The van der Waals surface area contributed by atoms with Crippen LogP contribution in [0.3, 0.4) is 0 Å². The minimum Gasteiger partial charge on any atom is -0.385 e. The SMILES string of the molecule is C=C/C=C(/NCCCCCCN(C)CCCCCCN/C(=C/C=C)c1ccc(C)cc1C)c1ccc(C)cc1C. The first kappa shape index (κ1) is 33.2. The third-order valence-electron chi connectivity index (χ3n) is 7.48. The fraction of sp³-hybridized carbons (Fsp3) is 0.459. The maximum absolute atomic E-state index is 3.90. The smallest absolute Gasteiger partial charge is 0.0416 e. The summed E-state index contributed by atoms with van der Waals surface area (Å²) < 4.78 is 0. The quantitative estimate of drug-likeness (QED) is 0.129. The van der Waals surface area contributed by atoms with Crippen LogP contribution < -0.4 is 10.6 Å². The summed E-state index contributed by atoms with van der Waals surface area (Å²) in [6.07, 6.45) is 18.0. The molecule has 2 N–H and O–H groups in total. The number of hydrogen-bond acceptors (Lipinski definition) is 3. The van der Waals surface area contributed by atoms with Gasteiger partial charge in [-0.3, -0.25) is 0 Å². The van der Waals surface area contributed by atoms with Gasteiger partial charge in [-0.15, -0.1) is 0 Å². The standard InChI is InChI=1S/C37H55N3/c1-8-18-36(34-22-20-30(3)28-32(34)5)38-24-14-10-12-16-26-40(7)27-17-13-11-15-25-39-37(19-9-2)35-23-21-31(4)29-33(35)6/h8-9,18-23,28-29,38-39H,1-2,10-17,24-27H2,3-7H3/b36-18+,37-19+. The Kier molecular flexibility index (Phi) is 15.8. The highest BCUT2D eigenvalue weighted by Crippen LogP contribution is 2.20. The van der Waals surface area contributed by atoms with Gasteiger partial charge in [0.2, 0.25) is 0 Å². The van der Waals surface area contributed by atoms with Gasteiger partial charge in [-0.05, 0) is 96.8 Å². The summed E-state index contributed by atoms with van der Waals surface area (Å²) in [4.78, 5) is 2.51. The van der Waals surface area contributed by atoms with Crippen LogP contribution in [0.4, 0.5) is 0 Å². The number of allylic oxidation sites excluding steroid dienone is 4. The Labute approximate surface area is 246 Å². The lowest BCUT2D eigenvalue weighted by Crippen LogP contribution is -2.21. The van der Waals surface area contributed by atoms with Crippen LogP contribution in [0.15, 0.2) is 73.9 Å². The van der Waals surface area contributed by atoms with Crippen molar-refractivity contribution in [2.45, 2.75) is 79.1 Å². The summed E-state index contributed by atoms with van der Waals surface area (Å²) in [5, 5.41) is 7.28. The van der Waals surface area contributed by atoms with Gasteiger partial charge in [0.25, 0.3) is 0 Å². The molecule has 0 unspecified atom stereocenters. The van der Waals surface area contributed by atoms with Crippen LogP contribution in [-0.2, 0) is 0 Å². The molecule has 0 fully saturated rings. The average Bonchev–Trinajstić information content (AvgIpc) is 2.91. The van der Waals surface area contributed by atoms with Gasteiger partial charge in [0.05, 0.1) is 0 Å². The topological polar surface area (TPSA) is 27.3 Å². The zero-order chi connectivity index (χ0) is 29.2. The van der Waals surface area contributed by atoms with Crippen molar-refractivity contribution in [2.24, 2.45) is 0 Å². The molecule has 0 bridgehead atoms. The second kappa shape index (κ2) is 19.1. The minimum atomic E-state index is 1.01. The van der Waals surface area contributed by atoms with E-state index in [1.807, 2.05) is 12.2 Å². The van der Waals surface area contributed by atoms with Crippen LogP contribution in [-0.4, -0.2) is 38.1 Å². The number of unbranched alkanes of at least 4 members (excludes halogenated alkanes) is 6. The second-order valence-electron chi connectivity index (χ2n) is 11.3. The summed E-state index contributed by atoms with van der Waals surface area (Å²) >= 11 is 0. The van der Waals surface area contributed by atoms with Crippen molar-refractivity contribution in [1.82, 2.24) is 15.5 Å². The Morgan fingerprint density at radius 3 is 1.40 bits per heavy atom. The van der Waals surface area contributed by atoms with Crippen LogP contribution in [0.1, 0.15) is 84.7 Å². The number of aryl methyl sites for hydroxylation is 4. The third kappa shape index (κ3) is 12.4. The van der Waals surface area contributed by atoms with Crippen LogP contribution >= 0.6 is 0 Å². The summed E-state index contributed by atoms with van der Waals surface area (Å²) in [5.74, 6) is 0. The fourth-order valence-corrected chi connectivity index (χ4v) is 5.23. The van der Waals surface area contributed by atoms with Gasteiger partial charge in [0.15, 0.2) is 0 Å². The average molecular weight is 542 g/mol. The fourth-order valence-electron chi connectivity index (χ4n) is 5.23. The summed E-state index contributed by atoms with van der Waals surface area (Å²) in [6.45, 7) is 20.9. The van der Waals surface area contributed by atoms with Crippen molar-refractivity contribution >= 4 is 11.4 Å². The Balaban J connectivity index is 1.52. The van der Waals surface area contributed by atoms with Crippen molar-refractivity contribution in [2.75, 3.05) is 33.2 Å². The van der Waals surface area contributed by atoms with Gasteiger partial charge in [-0.1, -0.05) is 98.5 Å². The third-order valence-corrected chi connectivity index (χ3v) is 7.48. The summed E-state index contributed by atoms with van der Waals surface area (Å²) in [7, 11) is 2.27. The molecule has 3 heteroatoms. The van der Waals surface area contributed by atoms with E-state index in [9.17, 15) is 0 Å². The number of nitrogens with zero attached hydrogens (tertiary/aromatic N) is 1. The maximum atomic E-state index is 3.90. The molecule has 0 saturated heterocycles. The molecule has 0 atom stereocenters. The van der Waals surface area contributed by atoms with E-state index in [4.69, 9.17) is 0 Å². The molecule has 0 aromatic heterocycles. The highest BCUT2D eigenvalue weighted by Gasteiger charge is 2.06. The first-order valence-electron chi connectivity index (χ1n) is 15.3. The second-order valence-corrected chi connectivity index (χ2v) is 11.3. The predicted molar refractivity (Wildman–Crippen MR) is 179 cm³/mol. The van der Waals surface area contributed by atoms with Gasteiger partial charge < -0.3 is 15.5 Å². The Morgan fingerprint density at radius 2 is 1.02 bits per heavy atom. The van der Waals surface area contributed by atoms with Crippen LogP contribution in [0.25, 0.3) is 11.4 Å². The molecule has 40 heavy (non-hydrogen) atoms. The van der Waals surface area contributed by atoms with E-state index in [1.54, 1.807) is 0 Å². The lowest BCUT2D eigenvalue weighted by Gasteiger charge is -2.17. The van der Waals surface area contributed by atoms with Gasteiger partial charge in [-0.25, -0.2) is 0 Å². The molecule has 2 rings (SSSR count). The monoisotopic (exact) mass is 541 g/mol. The molecule has 0 aliphatic carbocycles. The van der Waals surface area contributed by atoms with E-state index in [0.717, 1.165) is 13.1 Å². The van der Waals surface area contributed by atoms with Crippen molar-refractivity contribution in [3.8, 4) is 0 Å². The van der Waals surface area contributed by atoms with E-state index < -0.39 is 0 Å². The summed E-state index contributed by atoms with van der Waals surface area (Å²) in [5.41, 5.74) is 10.1. The molecule has 0 saturated carbocycles. The maximum Gasteiger partial charge on any atom is 0.0416 e. The van der Waals surface area contributed by atoms with E-state index in [-0.39, 0.29) is 0 Å². The van der Waals surface area contributed by atoms with Crippen LogP contribution in [0.5, 0.6) is 0 Å². The van der Waals surface area contributed by atoms with E-state index in [1.165, 1.54) is 109 Å². The molecule has 0 heterocycles. The van der Waals surface area contributed by atoms with Gasteiger partial charge in [0, 0.05) is 35.6 Å². The van der Waals surface area contributed by atoms with E-state index in [0.29, 0.717) is 0 Å². The lowest BCUT2D eigenvalue weighted by molar-refractivity contribution is 0.315. The Hall–Kier alpha value is -3.04. The molecule has 0 radical (unpaired) electrons. The zero-order valence-electron chi connectivity index (χ0n) is 26.1. The van der Waals surface area contributed by atoms with Gasteiger partial charge in [0.1, 0.15) is 0 Å². The molecule has 0 aliphatic heterocycles. The van der Waals surface area contributed by atoms with Crippen molar-refractivity contribution in [3.63, 3.8) is 0 Å². The highest BCUT2D eigenvalue weighted by atomic mass is 15.1. The van der Waals surface area contributed by atoms with Crippen LogP contribution in [0.2, 0.25) is 0 Å². The molecule has 3 nitrogen and oxygen atoms in total. The molecule has 0 amide bonds. The zero-order valence-corrected chi connectivity index (χ0v) is 26.1. The largest absolute Gasteiger partial charge is 0.385 e. The minimum absolute atomic E-state index is 1.01. The van der Waals surface area contributed by atoms with Crippen molar-refractivity contribution < 1.29 is 0 Å². The molecule has 0 spiro atoms. The van der Waals surface area contributed by atoms with Crippen molar-refractivity contribution in [3.05, 3.63) is 107 Å². The molecular formula is C37H55N3. The predicted octanol–water partition coefficient (Wildman–Crippen LogP) is 8.91. The van der Waals surface area contributed by atoms with E-state index >= 15 is 0 Å². The van der Waals surface area contributed by atoms with Gasteiger partial charge >= 0.3 is 0 Å². The number of rotatable bonds is 20. The Morgan fingerprint density at radius 1 is 0.625 bits per heavy atom. The first-order valence-corrected chi connectivity index (χ1v) is 15.3. The molecule has 0 aliphatic rings. The highest BCUT2D eigenvalue weighted by molar-refractivity contribution is 5.69. The molecule has 2 aromatic carbocycles. The molecular weight excluding hydrogens is 486 g/mol. The Bertz CT molecular complexity index is 1020. The normalized spacial score (nSPS) is 12.1. The molecule has 2 aromatic rings. The van der Waals surface area contributed by atoms with Crippen LogP contribution in [0, 0.1) is 27.7 Å². The first-order chi connectivity index (χ1) is 19.3. The van der Waals surface area contributed by atoms with E-state index in [2.05, 4.69) is 112 Å².